The quantitative estimate of drug-likeness (QED) is 0.642. The molecule has 0 amide bonds. The van der Waals surface area contributed by atoms with Gasteiger partial charge in [-0.3, -0.25) is 10.6 Å². The molecule has 0 aliphatic carbocycles. The molecule has 0 saturated carbocycles. The van der Waals surface area contributed by atoms with Crippen LogP contribution in [-0.2, 0) is 0 Å². The summed E-state index contributed by atoms with van der Waals surface area (Å²) in [5.41, 5.74) is 4.27. The summed E-state index contributed by atoms with van der Waals surface area (Å²) in [6.07, 6.45) is 0.0442. The van der Waals surface area contributed by atoms with Crippen molar-refractivity contribution in [3.05, 3.63) is 23.0 Å². The number of aromatic amines is 1. The van der Waals surface area contributed by atoms with E-state index < -0.39 is 0 Å². The van der Waals surface area contributed by atoms with E-state index in [2.05, 4.69) is 32.0 Å². The fourth-order valence-corrected chi connectivity index (χ4v) is 2.41. The van der Waals surface area contributed by atoms with Crippen molar-refractivity contribution in [3.63, 3.8) is 0 Å². The summed E-state index contributed by atoms with van der Waals surface area (Å²) in [6.45, 7) is 5.78. The van der Waals surface area contributed by atoms with E-state index in [-0.39, 0.29) is 6.29 Å². The van der Waals surface area contributed by atoms with Gasteiger partial charge in [-0.05, 0) is 19.9 Å². The van der Waals surface area contributed by atoms with E-state index in [1.54, 1.807) is 0 Å². The van der Waals surface area contributed by atoms with E-state index >= 15 is 0 Å². The zero-order chi connectivity index (χ0) is 13.4. The number of fused-ring (bicyclic) bond motifs is 1. The highest BCUT2D eigenvalue weighted by molar-refractivity contribution is 5.89. The maximum atomic E-state index is 9.26. The van der Waals surface area contributed by atoms with Crippen LogP contribution in [0, 0.1) is 25.2 Å². The lowest BCUT2D eigenvalue weighted by atomic mass is 10.1. The lowest BCUT2D eigenvalue weighted by Gasteiger charge is -2.17. The molecule has 4 N–H and O–H groups in total. The normalized spacial score (nSPS) is 15.8. The largest absolute Gasteiger partial charge is 0.357 e. The smallest absolute Gasteiger partial charge is 0.132 e. The topological polar surface area (TPSA) is 88.6 Å². The number of nitrogens with zero attached hydrogens (tertiary/aromatic N) is 2. The zero-order valence-corrected chi connectivity index (χ0v) is 11.0. The second-order valence-electron chi connectivity index (χ2n) is 4.74. The third-order valence-corrected chi connectivity index (χ3v) is 3.38. The predicted molar refractivity (Wildman–Crippen MR) is 73.7 cm³/mol. The first-order valence-corrected chi connectivity index (χ1v) is 6.32. The summed E-state index contributed by atoms with van der Waals surface area (Å²) in [5, 5.41) is 19.2. The fraction of sp³-hybridized carbons (Fsp3) is 0.385. The van der Waals surface area contributed by atoms with Crippen LogP contribution < -0.4 is 16.0 Å². The first-order chi connectivity index (χ1) is 9.19. The number of nitrogens with one attached hydrogen (secondary N) is 4. The summed E-state index contributed by atoms with van der Waals surface area (Å²) >= 11 is 0. The Morgan fingerprint density at radius 2 is 2.11 bits per heavy atom. The second kappa shape index (κ2) is 4.53. The minimum absolute atomic E-state index is 0.0442. The molecule has 0 radical (unpaired) electrons. The Hall–Kier alpha value is -2.10. The third kappa shape index (κ3) is 2.03. The molecule has 98 valence electrons. The van der Waals surface area contributed by atoms with Gasteiger partial charge in [-0.15, -0.1) is 0 Å². The zero-order valence-electron chi connectivity index (χ0n) is 11.0. The van der Waals surface area contributed by atoms with Gasteiger partial charge in [0.25, 0.3) is 0 Å². The van der Waals surface area contributed by atoms with Crippen molar-refractivity contribution in [2.24, 2.45) is 0 Å². The number of aromatic nitrogens is 2. The average molecular weight is 256 g/mol. The van der Waals surface area contributed by atoms with Crippen LogP contribution in [0.1, 0.15) is 17.0 Å². The Labute approximate surface area is 111 Å². The predicted octanol–water partition coefficient (Wildman–Crippen LogP) is 0.940. The summed E-state index contributed by atoms with van der Waals surface area (Å²) in [4.78, 5) is 7.62. The lowest BCUT2D eigenvalue weighted by Crippen LogP contribution is -2.39. The Morgan fingerprint density at radius 1 is 1.37 bits per heavy atom. The van der Waals surface area contributed by atoms with Gasteiger partial charge in [-0.1, -0.05) is 0 Å². The summed E-state index contributed by atoms with van der Waals surface area (Å²) < 4.78 is 0. The molecule has 0 spiro atoms. The average Bonchev–Trinajstić information content (AvgIpc) is 3.02. The number of H-pyrrole nitrogens is 1. The molecule has 6 nitrogen and oxygen atoms in total. The Kier molecular flexibility index (Phi) is 2.85. The maximum Gasteiger partial charge on any atom is 0.132 e. The van der Waals surface area contributed by atoms with Crippen LogP contribution in [0.25, 0.3) is 11.0 Å². The van der Waals surface area contributed by atoms with Gasteiger partial charge < -0.3 is 10.3 Å². The lowest BCUT2D eigenvalue weighted by molar-refractivity contribution is 0.620. The number of aryl methyl sites for hydroxylation is 2. The number of hydrogen-bond donors (Lipinski definition) is 4. The van der Waals surface area contributed by atoms with Crippen LogP contribution in [0.4, 0.5) is 5.69 Å². The highest BCUT2D eigenvalue weighted by Gasteiger charge is 2.17. The van der Waals surface area contributed by atoms with E-state index in [0.717, 1.165) is 41.2 Å². The van der Waals surface area contributed by atoms with E-state index in [4.69, 9.17) is 0 Å². The molecular weight excluding hydrogens is 240 g/mol. The molecule has 0 unspecified atom stereocenters. The molecule has 1 aliphatic rings. The number of nitriles is 1. The van der Waals surface area contributed by atoms with Crippen LogP contribution in [0.2, 0.25) is 0 Å². The fourth-order valence-electron chi connectivity index (χ4n) is 2.41. The van der Waals surface area contributed by atoms with Gasteiger partial charge in [0.05, 0.1) is 16.6 Å². The van der Waals surface area contributed by atoms with Crippen molar-refractivity contribution in [3.8, 4) is 6.07 Å². The van der Waals surface area contributed by atoms with Crippen molar-refractivity contribution in [2.45, 2.75) is 20.1 Å². The summed E-state index contributed by atoms with van der Waals surface area (Å²) in [6, 6.07) is 4.10. The third-order valence-electron chi connectivity index (χ3n) is 3.38. The first kappa shape index (κ1) is 12.0. The first-order valence-electron chi connectivity index (χ1n) is 6.32. The molecule has 0 atom stereocenters. The van der Waals surface area contributed by atoms with Crippen molar-refractivity contribution >= 4 is 16.7 Å². The van der Waals surface area contributed by atoms with Crippen molar-refractivity contribution < 1.29 is 0 Å². The van der Waals surface area contributed by atoms with Crippen molar-refractivity contribution in [2.75, 3.05) is 18.4 Å². The second-order valence-corrected chi connectivity index (χ2v) is 4.74. The van der Waals surface area contributed by atoms with Crippen LogP contribution in [-0.4, -0.2) is 29.3 Å². The van der Waals surface area contributed by atoms with E-state index in [1.807, 2.05) is 19.9 Å². The molecular formula is C13H16N6. The number of anilines is 1. The molecule has 1 aliphatic heterocycles. The van der Waals surface area contributed by atoms with Crippen LogP contribution in [0.15, 0.2) is 6.07 Å². The maximum absolute atomic E-state index is 9.26. The molecule has 3 rings (SSSR count). The Balaban J connectivity index is 2.08. The molecule has 1 aromatic carbocycles. The number of hydrogen-bond acceptors (Lipinski definition) is 5. The van der Waals surface area contributed by atoms with Crippen molar-refractivity contribution in [1.82, 2.24) is 20.6 Å². The molecule has 1 aromatic heterocycles. The number of benzene rings is 1. The molecule has 19 heavy (non-hydrogen) atoms. The minimum Gasteiger partial charge on any atom is -0.357 e. The van der Waals surface area contributed by atoms with Crippen LogP contribution >= 0.6 is 0 Å². The van der Waals surface area contributed by atoms with E-state index in [9.17, 15) is 5.26 Å². The molecule has 1 fully saturated rings. The van der Waals surface area contributed by atoms with Gasteiger partial charge in [-0.25, -0.2) is 4.98 Å². The van der Waals surface area contributed by atoms with Gasteiger partial charge in [0.2, 0.25) is 0 Å². The highest BCUT2D eigenvalue weighted by Crippen LogP contribution is 2.27. The van der Waals surface area contributed by atoms with Gasteiger partial charge >= 0.3 is 0 Å². The molecule has 0 bridgehead atoms. The highest BCUT2D eigenvalue weighted by atomic mass is 15.3. The number of rotatable bonds is 2. The van der Waals surface area contributed by atoms with Crippen LogP contribution in [0.3, 0.4) is 0 Å². The molecule has 2 heterocycles. The summed E-state index contributed by atoms with van der Waals surface area (Å²) in [7, 11) is 0. The van der Waals surface area contributed by atoms with Gasteiger partial charge in [0.15, 0.2) is 0 Å². The Morgan fingerprint density at radius 3 is 2.79 bits per heavy atom. The van der Waals surface area contributed by atoms with Gasteiger partial charge in [-0.2, -0.15) is 5.26 Å². The molecule has 2 aromatic rings. The molecule has 1 saturated heterocycles. The van der Waals surface area contributed by atoms with Gasteiger partial charge in [0, 0.05) is 24.3 Å². The van der Waals surface area contributed by atoms with E-state index in [1.165, 1.54) is 0 Å². The van der Waals surface area contributed by atoms with Crippen LogP contribution in [0.5, 0.6) is 0 Å². The van der Waals surface area contributed by atoms with Gasteiger partial charge in [0.1, 0.15) is 18.2 Å². The monoisotopic (exact) mass is 256 g/mol. The van der Waals surface area contributed by atoms with Crippen molar-refractivity contribution in [1.29, 1.82) is 5.26 Å². The van der Waals surface area contributed by atoms with E-state index in [0.29, 0.717) is 5.56 Å². The SMILES string of the molecule is Cc1nc2c(C)c(NC3NCCN3)cc(C#N)c2[nH]1. The Bertz CT molecular complexity index is 660. The number of imidazole rings is 1. The minimum atomic E-state index is 0.0442. The summed E-state index contributed by atoms with van der Waals surface area (Å²) in [5.74, 6) is 0.823. The molecule has 6 heteroatoms. The standard InChI is InChI=1S/C13H16N6/c1-7-10(19-13-15-3-4-16-13)5-9(6-14)12-11(7)17-8(2)18-12/h5,13,15-16,19H,3-4H2,1-2H3,(H,17,18).